The van der Waals surface area contributed by atoms with E-state index in [2.05, 4.69) is 16.0 Å². The molecule has 0 atom stereocenters. The number of pyridine rings is 1. The summed E-state index contributed by atoms with van der Waals surface area (Å²) in [5.74, 6) is -0.333. The van der Waals surface area contributed by atoms with Gasteiger partial charge >= 0.3 is 0 Å². The molecule has 0 aliphatic heterocycles. The van der Waals surface area contributed by atoms with E-state index in [1.807, 2.05) is 19.2 Å². The van der Waals surface area contributed by atoms with Crippen LogP contribution in [0.15, 0.2) is 24.5 Å². The Labute approximate surface area is 71.8 Å². The van der Waals surface area contributed by atoms with Crippen LogP contribution in [-0.4, -0.2) is 17.9 Å². The van der Waals surface area contributed by atoms with E-state index in [1.54, 1.807) is 12.4 Å². The molecule has 4 heteroatoms. The van der Waals surface area contributed by atoms with E-state index in [0.29, 0.717) is 0 Å². The van der Waals surface area contributed by atoms with Gasteiger partial charge in [0.1, 0.15) is 0 Å². The highest BCUT2D eigenvalue weighted by molar-refractivity contribution is 5.70. The highest BCUT2D eigenvalue weighted by Crippen LogP contribution is 1.98. The molecule has 0 spiro atoms. The number of hydrogen-bond donors (Lipinski definition) is 2. The molecule has 1 aromatic rings. The molecule has 4 nitrogen and oxygen atoms in total. The van der Waals surface area contributed by atoms with Gasteiger partial charge in [0.15, 0.2) is 0 Å². The van der Waals surface area contributed by atoms with E-state index < -0.39 is 0 Å². The Morgan fingerprint density at radius 2 is 2.25 bits per heavy atom. The van der Waals surface area contributed by atoms with Gasteiger partial charge in [0, 0.05) is 26.4 Å². The van der Waals surface area contributed by atoms with Crippen molar-refractivity contribution in [2.24, 2.45) is 5.73 Å². The summed E-state index contributed by atoms with van der Waals surface area (Å²) in [6, 6.07) is 3.86. The van der Waals surface area contributed by atoms with Gasteiger partial charge in [-0.1, -0.05) is 0 Å². The predicted octanol–water partition coefficient (Wildman–Crippen LogP) is 0.615. The number of amides is 1. The highest BCUT2D eigenvalue weighted by atomic mass is 16.1. The second-order valence-electron chi connectivity index (χ2n) is 2.10. The minimum atomic E-state index is -0.333. The number of carbonyl (C=O) groups excluding carboxylic acids is 1. The molecule has 1 rings (SSSR count). The zero-order valence-electron chi connectivity index (χ0n) is 7.24. The zero-order valence-corrected chi connectivity index (χ0v) is 7.24. The van der Waals surface area contributed by atoms with Gasteiger partial charge in [-0.25, -0.2) is 0 Å². The third-order valence-corrected chi connectivity index (χ3v) is 0.950. The average molecular weight is 167 g/mol. The maximum atomic E-state index is 9.22. The monoisotopic (exact) mass is 167 g/mol. The van der Waals surface area contributed by atoms with Gasteiger partial charge in [-0.05, 0) is 12.1 Å². The lowest BCUT2D eigenvalue weighted by Crippen LogP contribution is -2.01. The van der Waals surface area contributed by atoms with Crippen LogP contribution < -0.4 is 11.1 Å². The van der Waals surface area contributed by atoms with Crippen molar-refractivity contribution in [3.8, 4) is 0 Å². The first-order valence-corrected chi connectivity index (χ1v) is 3.50. The van der Waals surface area contributed by atoms with Crippen molar-refractivity contribution in [2.45, 2.75) is 6.92 Å². The van der Waals surface area contributed by atoms with Crippen molar-refractivity contribution in [3.05, 3.63) is 24.5 Å². The molecule has 0 aliphatic rings. The number of nitrogens with one attached hydrogen (secondary N) is 1. The lowest BCUT2D eigenvalue weighted by atomic mass is 10.4. The van der Waals surface area contributed by atoms with Crippen LogP contribution in [0.5, 0.6) is 0 Å². The number of nitrogens with zero attached hydrogens (tertiary/aromatic N) is 1. The minimum absolute atomic E-state index is 0.333. The number of aromatic nitrogens is 1. The average Bonchev–Trinajstić information content (AvgIpc) is 2.05. The van der Waals surface area contributed by atoms with Crippen LogP contribution in [0.1, 0.15) is 6.92 Å². The zero-order chi connectivity index (χ0) is 9.40. The first-order chi connectivity index (χ1) is 5.66. The molecule has 3 N–H and O–H groups in total. The van der Waals surface area contributed by atoms with Crippen LogP contribution in [0.3, 0.4) is 0 Å². The molecule has 12 heavy (non-hydrogen) atoms. The van der Waals surface area contributed by atoms with E-state index in [4.69, 9.17) is 0 Å². The van der Waals surface area contributed by atoms with Gasteiger partial charge in [-0.15, -0.1) is 0 Å². The van der Waals surface area contributed by atoms with Crippen molar-refractivity contribution < 1.29 is 4.79 Å². The molecule has 0 bridgehead atoms. The lowest BCUT2D eigenvalue weighted by Gasteiger charge is -1.93. The second-order valence-corrected chi connectivity index (χ2v) is 2.10. The van der Waals surface area contributed by atoms with Crippen molar-refractivity contribution in [2.75, 3.05) is 12.4 Å². The molecule has 0 unspecified atom stereocenters. The molecule has 1 amide bonds. The van der Waals surface area contributed by atoms with Gasteiger partial charge in [-0.3, -0.25) is 9.78 Å². The van der Waals surface area contributed by atoms with E-state index in [1.165, 1.54) is 6.92 Å². The molecular weight excluding hydrogens is 154 g/mol. The number of carbonyl (C=O) groups is 1. The van der Waals surface area contributed by atoms with E-state index >= 15 is 0 Å². The highest BCUT2D eigenvalue weighted by Gasteiger charge is 1.79. The fourth-order valence-corrected chi connectivity index (χ4v) is 0.511. The van der Waals surface area contributed by atoms with Gasteiger partial charge in [0.05, 0.1) is 5.69 Å². The van der Waals surface area contributed by atoms with Crippen LogP contribution in [0.25, 0.3) is 0 Å². The van der Waals surface area contributed by atoms with Crippen molar-refractivity contribution in [1.29, 1.82) is 0 Å². The van der Waals surface area contributed by atoms with Gasteiger partial charge in [0.2, 0.25) is 5.91 Å². The third kappa shape index (κ3) is 6.54. The molecule has 1 aromatic heterocycles. The summed E-state index contributed by atoms with van der Waals surface area (Å²) in [7, 11) is 1.87. The van der Waals surface area contributed by atoms with E-state index in [0.717, 1.165) is 5.69 Å². The molecule has 0 aromatic carbocycles. The number of primary amides is 1. The molecule has 0 fully saturated rings. The smallest absolute Gasteiger partial charge is 0.214 e. The van der Waals surface area contributed by atoms with Gasteiger partial charge in [0.25, 0.3) is 0 Å². The minimum Gasteiger partial charge on any atom is -0.387 e. The molecule has 1 heterocycles. The fraction of sp³-hybridized carbons (Fsp3) is 0.250. The predicted molar refractivity (Wildman–Crippen MR) is 48.7 cm³/mol. The Hall–Kier alpha value is -1.58. The maximum absolute atomic E-state index is 9.22. The molecule has 0 saturated heterocycles. The molecule has 0 saturated carbocycles. The van der Waals surface area contributed by atoms with E-state index in [-0.39, 0.29) is 5.91 Å². The number of nitrogens with two attached hydrogens (primary N) is 1. The summed E-state index contributed by atoms with van der Waals surface area (Å²) in [5, 5.41) is 2.96. The summed E-state index contributed by atoms with van der Waals surface area (Å²) < 4.78 is 0. The first kappa shape index (κ1) is 10.4. The van der Waals surface area contributed by atoms with Crippen LogP contribution in [0.4, 0.5) is 5.69 Å². The largest absolute Gasteiger partial charge is 0.387 e. The fourth-order valence-electron chi connectivity index (χ4n) is 0.511. The molecule has 0 aliphatic carbocycles. The summed E-state index contributed by atoms with van der Waals surface area (Å²) in [5.41, 5.74) is 5.52. The van der Waals surface area contributed by atoms with Crippen LogP contribution in [-0.2, 0) is 4.79 Å². The standard InChI is InChI=1S/C6H8N2.C2H5NO/c1-7-6-3-2-4-8-5-6;1-2(3)4/h2-5,7H,1H3;1H3,(H2,3,4). The third-order valence-electron chi connectivity index (χ3n) is 0.950. The normalized spacial score (nSPS) is 7.83. The van der Waals surface area contributed by atoms with E-state index in [9.17, 15) is 4.79 Å². The van der Waals surface area contributed by atoms with Crippen molar-refractivity contribution in [3.63, 3.8) is 0 Å². The summed E-state index contributed by atoms with van der Waals surface area (Å²) >= 11 is 0. The first-order valence-electron chi connectivity index (χ1n) is 3.50. The van der Waals surface area contributed by atoms with Crippen LogP contribution in [0, 0.1) is 0 Å². The second kappa shape index (κ2) is 6.15. The summed E-state index contributed by atoms with van der Waals surface area (Å²) in [6.07, 6.45) is 3.53. The Kier molecular flexibility index (Phi) is 5.34. The summed E-state index contributed by atoms with van der Waals surface area (Å²) in [6.45, 7) is 1.31. The van der Waals surface area contributed by atoms with Gasteiger partial charge < -0.3 is 11.1 Å². The SMILES string of the molecule is CC(N)=O.CNc1cccnc1. The Morgan fingerprint density at radius 1 is 1.67 bits per heavy atom. The lowest BCUT2D eigenvalue weighted by molar-refractivity contribution is -0.115. The molecule has 66 valence electrons. The topological polar surface area (TPSA) is 68.0 Å². The Bertz CT molecular complexity index is 219. The summed E-state index contributed by atoms with van der Waals surface area (Å²) in [4.78, 5) is 13.1. The quantitative estimate of drug-likeness (QED) is 0.644. The van der Waals surface area contributed by atoms with Crippen molar-refractivity contribution in [1.82, 2.24) is 4.98 Å². The Balaban J connectivity index is 0.000000261. The molecule has 0 radical (unpaired) electrons. The van der Waals surface area contributed by atoms with Crippen LogP contribution in [0.2, 0.25) is 0 Å². The maximum Gasteiger partial charge on any atom is 0.214 e. The van der Waals surface area contributed by atoms with Crippen LogP contribution >= 0.6 is 0 Å². The number of hydrogen-bond acceptors (Lipinski definition) is 3. The number of anilines is 1. The number of rotatable bonds is 1. The van der Waals surface area contributed by atoms with Crippen molar-refractivity contribution >= 4 is 11.6 Å². The Morgan fingerprint density at radius 3 is 2.50 bits per heavy atom. The van der Waals surface area contributed by atoms with Gasteiger partial charge in [-0.2, -0.15) is 0 Å². The molecular formula is C8H13N3O.